The van der Waals surface area contributed by atoms with E-state index in [-0.39, 0.29) is 18.9 Å². The molecule has 30 heavy (non-hydrogen) atoms. The maximum absolute atomic E-state index is 12.6. The molecule has 0 bridgehead atoms. The van der Waals surface area contributed by atoms with Gasteiger partial charge in [0.05, 0.1) is 19.3 Å². The molecule has 1 aromatic heterocycles. The van der Waals surface area contributed by atoms with Gasteiger partial charge in [-0.05, 0) is 39.3 Å². The normalized spacial score (nSPS) is 19.0. The monoisotopic (exact) mass is 415 g/mol. The van der Waals surface area contributed by atoms with Crippen molar-refractivity contribution in [3.05, 3.63) is 36.5 Å². The molecule has 8 nitrogen and oxygen atoms in total. The molecule has 2 heterocycles. The maximum atomic E-state index is 12.6. The lowest BCUT2D eigenvalue weighted by Gasteiger charge is -2.27. The van der Waals surface area contributed by atoms with Crippen LogP contribution >= 0.6 is 0 Å². The lowest BCUT2D eigenvalue weighted by atomic mass is 10.2. The van der Waals surface area contributed by atoms with Crippen LogP contribution in [0.1, 0.15) is 33.6 Å². The predicted octanol–water partition coefficient (Wildman–Crippen LogP) is 2.49. The molecule has 0 radical (unpaired) electrons. The second kappa shape index (κ2) is 9.30. The van der Waals surface area contributed by atoms with Crippen molar-refractivity contribution in [2.75, 3.05) is 19.7 Å². The topological polar surface area (TPSA) is 101 Å². The van der Waals surface area contributed by atoms with Gasteiger partial charge in [-0.1, -0.05) is 18.2 Å². The smallest absolute Gasteiger partial charge is 0.411 e. The van der Waals surface area contributed by atoms with Crippen LogP contribution in [0.15, 0.2) is 36.5 Å². The molecule has 2 atom stereocenters. The van der Waals surface area contributed by atoms with Gasteiger partial charge in [0.1, 0.15) is 22.9 Å². The molecule has 1 aliphatic rings. The lowest BCUT2D eigenvalue weighted by Crippen LogP contribution is -2.47. The molecule has 2 N–H and O–H groups in total. The first-order valence-electron chi connectivity index (χ1n) is 10.2. The Morgan fingerprint density at radius 2 is 2.03 bits per heavy atom. The van der Waals surface area contributed by atoms with Gasteiger partial charge in [-0.15, -0.1) is 0 Å². The zero-order valence-electron chi connectivity index (χ0n) is 17.6. The summed E-state index contributed by atoms with van der Waals surface area (Å²) in [5, 5.41) is 13.8. The van der Waals surface area contributed by atoms with Crippen molar-refractivity contribution in [2.45, 2.75) is 51.4 Å². The molecule has 162 valence electrons. The van der Waals surface area contributed by atoms with E-state index in [1.807, 2.05) is 30.3 Å². The van der Waals surface area contributed by atoms with Crippen LogP contribution in [0, 0.1) is 0 Å². The number of nitrogens with zero attached hydrogens (tertiary/aromatic N) is 2. The Balaban J connectivity index is 1.47. The van der Waals surface area contributed by atoms with Crippen molar-refractivity contribution < 1.29 is 24.2 Å². The molecule has 0 unspecified atom stereocenters. The molecule has 1 aliphatic heterocycles. The van der Waals surface area contributed by atoms with Crippen molar-refractivity contribution in [3.63, 3.8) is 0 Å². The highest BCUT2D eigenvalue weighted by Crippen LogP contribution is 2.23. The minimum Gasteiger partial charge on any atom is -0.491 e. The van der Waals surface area contributed by atoms with Crippen molar-refractivity contribution in [1.29, 1.82) is 0 Å². The van der Waals surface area contributed by atoms with E-state index in [9.17, 15) is 14.7 Å². The Hall–Kier alpha value is -2.87. The first-order chi connectivity index (χ1) is 14.2. The average Bonchev–Trinajstić information content (AvgIpc) is 3.08. The Bertz CT molecular complexity index is 890. The number of hydrogen-bond donors (Lipinski definition) is 2. The van der Waals surface area contributed by atoms with Crippen LogP contribution in [-0.2, 0) is 9.53 Å². The Morgan fingerprint density at radius 3 is 2.80 bits per heavy atom. The molecule has 1 fully saturated rings. The number of nitrogens with one attached hydrogen (secondary N) is 1. The van der Waals surface area contributed by atoms with E-state index < -0.39 is 23.8 Å². The van der Waals surface area contributed by atoms with Gasteiger partial charge in [-0.25, -0.2) is 4.79 Å². The molecular weight excluding hydrogens is 386 g/mol. The van der Waals surface area contributed by atoms with Crippen LogP contribution in [0.3, 0.4) is 0 Å². The number of β-amino-alcohol motifs (C(OH)–C–C–N with tert-alkyl or cyclic N) is 1. The summed E-state index contributed by atoms with van der Waals surface area (Å²) in [7, 11) is 0. The Labute approximate surface area is 176 Å². The number of aliphatic hydroxyl groups excluding tert-OH is 1. The quantitative estimate of drug-likeness (QED) is 0.703. The Morgan fingerprint density at radius 1 is 1.27 bits per heavy atom. The highest BCUT2D eigenvalue weighted by molar-refractivity contribution is 5.86. The number of ether oxygens (including phenoxy) is 2. The molecular formula is C22H29N3O5. The summed E-state index contributed by atoms with van der Waals surface area (Å²) in [6, 6.07) is 8.87. The van der Waals surface area contributed by atoms with Gasteiger partial charge in [0.15, 0.2) is 0 Å². The number of amides is 2. The van der Waals surface area contributed by atoms with Crippen LogP contribution in [0.25, 0.3) is 10.9 Å². The largest absolute Gasteiger partial charge is 0.491 e. The number of carbonyl (C=O) groups excluding carboxylic acids is 2. The summed E-state index contributed by atoms with van der Waals surface area (Å²) in [4.78, 5) is 30.6. The van der Waals surface area contributed by atoms with Gasteiger partial charge in [0.2, 0.25) is 5.91 Å². The van der Waals surface area contributed by atoms with E-state index >= 15 is 0 Å². The van der Waals surface area contributed by atoms with E-state index in [1.54, 1.807) is 27.0 Å². The SMILES string of the molecule is CC(C)(C)OC(=O)N1C[C@@H](O)C[C@H]1C(=O)NCCCOc1cccc2cccnc12. The second-order valence-corrected chi connectivity index (χ2v) is 8.36. The van der Waals surface area contributed by atoms with Crippen molar-refractivity contribution in [3.8, 4) is 5.75 Å². The van der Waals surface area contributed by atoms with Gasteiger partial charge in [-0.2, -0.15) is 0 Å². The standard InChI is InChI=1S/C22H29N3O5/c1-22(2,3)30-21(28)25-14-16(26)13-17(25)20(27)24-11-6-12-29-18-9-4-7-15-8-5-10-23-19(15)18/h4-5,7-10,16-17,26H,6,11-14H2,1-3H3,(H,24,27)/t16-,17-/m0/s1. The minimum atomic E-state index is -0.740. The van der Waals surface area contributed by atoms with Gasteiger partial charge >= 0.3 is 6.09 Å². The predicted molar refractivity (Wildman–Crippen MR) is 112 cm³/mol. The van der Waals surface area contributed by atoms with Gasteiger partial charge < -0.3 is 19.9 Å². The molecule has 0 spiro atoms. The molecule has 2 amide bonds. The summed E-state index contributed by atoms with van der Waals surface area (Å²) >= 11 is 0. The highest BCUT2D eigenvalue weighted by Gasteiger charge is 2.40. The number of likely N-dealkylation sites (tertiary alicyclic amines) is 1. The number of para-hydroxylation sites is 1. The van der Waals surface area contributed by atoms with E-state index in [0.29, 0.717) is 25.3 Å². The Kier molecular flexibility index (Phi) is 6.77. The second-order valence-electron chi connectivity index (χ2n) is 8.36. The van der Waals surface area contributed by atoms with E-state index in [1.165, 1.54) is 4.90 Å². The fraction of sp³-hybridized carbons (Fsp3) is 0.500. The van der Waals surface area contributed by atoms with Crippen LogP contribution in [0.5, 0.6) is 5.75 Å². The molecule has 0 aliphatic carbocycles. The van der Waals surface area contributed by atoms with Gasteiger partial charge in [0.25, 0.3) is 0 Å². The molecule has 2 aromatic rings. The maximum Gasteiger partial charge on any atom is 0.411 e. The molecule has 8 heteroatoms. The van der Waals surface area contributed by atoms with Crippen LogP contribution in [0.4, 0.5) is 4.79 Å². The third-order valence-electron chi connectivity index (χ3n) is 4.68. The number of hydrogen-bond acceptors (Lipinski definition) is 6. The summed E-state index contributed by atoms with van der Waals surface area (Å²) in [6.07, 6.45) is 1.18. The van der Waals surface area contributed by atoms with Gasteiger partial charge in [0, 0.05) is 24.5 Å². The van der Waals surface area contributed by atoms with Crippen molar-refractivity contribution in [2.24, 2.45) is 0 Å². The molecule has 3 rings (SSSR count). The average molecular weight is 415 g/mol. The zero-order valence-corrected chi connectivity index (χ0v) is 17.6. The first-order valence-corrected chi connectivity index (χ1v) is 10.2. The fourth-order valence-corrected chi connectivity index (χ4v) is 3.36. The molecule has 0 saturated carbocycles. The number of carbonyl (C=O) groups is 2. The molecule has 1 aromatic carbocycles. The summed E-state index contributed by atoms with van der Waals surface area (Å²) in [5.74, 6) is 0.402. The number of benzene rings is 1. The lowest BCUT2D eigenvalue weighted by molar-refractivity contribution is -0.125. The van der Waals surface area contributed by atoms with Crippen molar-refractivity contribution in [1.82, 2.24) is 15.2 Å². The number of aliphatic hydroxyl groups is 1. The van der Waals surface area contributed by atoms with E-state index in [4.69, 9.17) is 9.47 Å². The fourth-order valence-electron chi connectivity index (χ4n) is 3.36. The van der Waals surface area contributed by atoms with Crippen LogP contribution in [-0.4, -0.2) is 64.4 Å². The first kappa shape index (κ1) is 21.8. The number of pyridine rings is 1. The summed E-state index contributed by atoms with van der Waals surface area (Å²) in [6.45, 7) is 6.18. The van der Waals surface area contributed by atoms with Crippen LogP contribution < -0.4 is 10.1 Å². The van der Waals surface area contributed by atoms with Crippen LogP contribution in [0.2, 0.25) is 0 Å². The third-order valence-corrected chi connectivity index (χ3v) is 4.68. The number of fused-ring (bicyclic) bond motifs is 1. The van der Waals surface area contributed by atoms with Gasteiger partial charge in [-0.3, -0.25) is 14.7 Å². The van der Waals surface area contributed by atoms with Crippen molar-refractivity contribution >= 4 is 22.9 Å². The number of rotatable bonds is 6. The summed E-state index contributed by atoms with van der Waals surface area (Å²) in [5.41, 5.74) is 0.136. The third kappa shape index (κ3) is 5.60. The zero-order chi connectivity index (χ0) is 21.7. The number of aromatic nitrogens is 1. The highest BCUT2D eigenvalue weighted by atomic mass is 16.6. The van der Waals surface area contributed by atoms with E-state index in [0.717, 1.165) is 10.9 Å². The molecule has 1 saturated heterocycles. The summed E-state index contributed by atoms with van der Waals surface area (Å²) < 4.78 is 11.2. The van der Waals surface area contributed by atoms with E-state index in [2.05, 4.69) is 10.3 Å². The minimum absolute atomic E-state index is 0.0875.